The number of rotatable bonds is 5. The minimum absolute atomic E-state index is 0.109. The Bertz CT molecular complexity index is 704. The Morgan fingerprint density at radius 2 is 1.88 bits per heavy atom. The van der Waals surface area contributed by atoms with E-state index in [2.05, 4.69) is 12.2 Å². The third kappa shape index (κ3) is 2.74. The predicted octanol–water partition coefficient (Wildman–Crippen LogP) is 1.74. The van der Waals surface area contributed by atoms with Gasteiger partial charge < -0.3 is 10.1 Å². The van der Waals surface area contributed by atoms with Crippen LogP contribution >= 0.6 is 0 Å². The minimum atomic E-state index is -0.324. The summed E-state index contributed by atoms with van der Waals surface area (Å²) in [4.78, 5) is 38.5. The van der Waals surface area contributed by atoms with Crippen LogP contribution in [0.3, 0.4) is 0 Å². The van der Waals surface area contributed by atoms with Crippen LogP contribution in [0.5, 0.6) is 0 Å². The second kappa shape index (κ2) is 6.26. The third-order valence-electron chi connectivity index (χ3n) is 5.56. The van der Waals surface area contributed by atoms with Crippen LogP contribution in [0.1, 0.15) is 31.7 Å². The lowest BCUT2D eigenvalue weighted by Gasteiger charge is -2.17. The van der Waals surface area contributed by atoms with Crippen molar-refractivity contribution in [2.75, 3.05) is 11.9 Å². The monoisotopic (exact) mass is 342 g/mol. The van der Waals surface area contributed by atoms with Gasteiger partial charge in [0.25, 0.3) is 0 Å². The van der Waals surface area contributed by atoms with E-state index < -0.39 is 0 Å². The Hall–Kier alpha value is -2.21. The summed E-state index contributed by atoms with van der Waals surface area (Å²) in [5.41, 5.74) is 1.89. The molecule has 1 aromatic rings. The van der Waals surface area contributed by atoms with Crippen molar-refractivity contribution in [2.45, 2.75) is 44.8 Å². The zero-order valence-electron chi connectivity index (χ0n) is 14.2. The second-order valence-electron chi connectivity index (χ2n) is 7.02. The van der Waals surface area contributed by atoms with E-state index in [1.54, 1.807) is 0 Å². The van der Waals surface area contributed by atoms with Crippen molar-refractivity contribution in [1.29, 1.82) is 0 Å². The standard InChI is InChI=1S/C19H22N2O4/c1-2-11-4-3-5-12(10-11)20-15(22)8-9-21-18(23)16-13-6-7-14(25-13)17(16)19(21)24/h3-5,10,13-14,16-17H,2,6-9H2,1H3,(H,20,22)/t13-,14-,16-,17-/m1/s1. The quantitative estimate of drug-likeness (QED) is 0.827. The number of hydrogen-bond donors (Lipinski definition) is 1. The number of nitrogens with zero attached hydrogens (tertiary/aromatic N) is 1. The lowest BCUT2D eigenvalue weighted by molar-refractivity contribution is -0.142. The van der Waals surface area contributed by atoms with Gasteiger partial charge in [-0.2, -0.15) is 0 Å². The number of aryl methyl sites for hydroxylation is 1. The Labute approximate surface area is 146 Å². The number of hydrogen-bond acceptors (Lipinski definition) is 4. The number of amides is 3. The molecule has 1 N–H and O–H groups in total. The smallest absolute Gasteiger partial charge is 0.235 e. The summed E-state index contributed by atoms with van der Waals surface area (Å²) in [5.74, 6) is -1.16. The van der Waals surface area contributed by atoms with E-state index in [4.69, 9.17) is 4.74 Å². The minimum Gasteiger partial charge on any atom is -0.373 e. The van der Waals surface area contributed by atoms with Crippen molar-refractivity contribution < 1.29 is 19.1 Å². The van der Waals surface area contributed by atoms with Crippen molar-refractivity contribution in [3.8, 4) is 0 Å². The van der Waals surface area contributed by atoms with Gasteiger partial charge in [-0.15, -0.1) is 0 Å². The Kier molecular flexibility index (Phi) is 4.07. The van der Waals surface area contributed by atoms with Crippen LogP contribution in [0, 0.1) is 11.8 Å². The Morgan fingerprint density at radius 3 is 2.52 bits per heavy atom. The summed E-state index contributed by atoms with van der Waals surface area (Å²) >= 11 is 0. The summed E-state index contributed by atoms with van der Waals surface area (Å²) in [7, 11) is 0. The highest BCUT2D eigenvalue weighted by atomic mass is 16.5. The summed E-state index contributed by atoms with van der Waals surface area (Å²) in [5, 5.41) is 2.84. The maximum absolute atomic E-state index is 12.5. The molecule has 1 aromatic carbocycles. The molecule has 0 saturated carbocycles. The van der Waals surface area contributed by atoms with Gasteiger partial charge in [-0.25, -0.2) is 0 Å². The maximum Gasteiger partial charge on any atom is 0.235 e. The SMILES string of the molecule is CCc1cccc(NC(=O)CCN2C(=O)[C@H]3[C@H](C2=O)[C@H]2CC[C@H]3O2)c1. The van der Waals surface area contributed by atoms with Gasteiger partial charge in [-0.1, -0.05) is 19.1 Å². The molecule has 132 valence electrons. The Balaban J connectivity index is 1.36. The van der Waals surface area contributed by atoms with Crippen LogP contribution in [-0.4, -0.2) is 41.4 Å². The molecule has 4 atom stereocenters. The zero-order valence-corrected chi connectivity index (χ0v) is 14.2. The average Bonchev–Trinajstić information content (AvgIpc) is 3.28. The van der Waals surface area contributed by atoms with Gasteiger partial charge in [0.15, 0.2) is 0 Å². The van der Waals surface area contributed by atoms with Gasteiger partial charge in [0.2, 0.25) is 17.7 Å². The molecule has 0 spiro atoms. The number of likely N-dealkylation sites (tertiary alicyclic amines) is 1. The molecular formula is C19H22N2O4. The van der Waals surface area contributed by atoms with Gasteiger partial charge in [-0.3, -0.25) is 19.3 Å². The number of benzene rings is 1. The fourth-order valence-corrected chi connectivity index (χ4v) is 4.30. The number of fused-ring (bicyclic) bond motifs is 5. The van der Waals surface area contributed by atoms with Crippen molar-refractivity contribution in [1.82, 2.24) is 4.90 Å². The highest BCUT2D eigenvalue weighted by Crippen LogP contribution is 2.48. The van der Waals surface area contributed by atoms with Crippen molar-refractivity contribution in [2.24, 2.45) is 11.8 Å². The predicted molar refractivity (Wildman–Crippen MR) is 90.7 cm³/mol. The van der Waals surface area contributed by atoms with Gasteiger partial charge in [0.1, 0.15) is 0 Å². The number of anilines is 1. The molecule has 0 radical (unpaired) electrons. The molecule has 6 nitrogen and oxygen atoms in total. The van der Waals surface area contributed by atoms with Crippen LogP contribution in [0.25, 0.3) is 0 Å². The van der Waals surface area contributed by atoms with E-state index in [1.807, 2.05) is 24.3 Å². The molecule has 0 aromatic heterocycles. The molecule has 3 saturated heterocycles. The van der Waals surface area contributed by atoms with Gasteiger partial charge in [-0.05, 0) is 37.0 Å². The highest BCUT2D eigenvalue weighted by Gasteiger charge is 2.62. The largest absolute Gasteiger partial charge is 0.373 e. The van der Waals surface area contributed by atoms with Crippen molar-refractivity contribution in [3.05, 3.63) is 29.8 Å². The first-order valence-electron chi connectivity index (χ1n) is 8.98. The number of imide groups is 1. The molecule has 3 aliphatic rings. The normalized spacial score (nSPS) is 30.0. The number of ether oxygens (including phenoxy) is 1. The first-order valence-corrected chi connectivity index (χ1v) is 8.98. The van der Waals surface area contributed by atoms with Crippen LogP contribution in [0.2, 0.25) is 0 Å². The van der Waals surface area contributed by atoms with Crippen molar-refractivity contribution in [3.63, 3.8) is 0 Å². The number of nitrogens with one attached hydrogen (secondary N) is 1. The topological polar surface area (TPSA) is 75.7 Å². The van der Waals surface area contributed by atoms with E-state index in [0.717, 1.165) is 30.5 Å². The summed E-state index contributed by atoms with van der Waals surface area (Å²) < 4.78 is 5.71. The fraction of sp³-hybridized carbons (Fsp3) is 0.526. The molecule has 2 bridgehead atoms. The zero-order chi connectivity index (χ0) is 17.6. The van der Waals surface area contributed by atoms with Crippen LogP contribution in [0.4, 0.5) is 5.69 Å². The van der Waals surface area contributed by atoms with E-state index in [0.29, 0.717) is 0 Å². The lowest BCUT2D eigenvalue weighted by atomic mass is 9.81. The summed E-state index contributed by atoms with van der Waals surface area (Å²) in [6.07, 6.45) is 2.50. The Morgan fingerprint density at radius 1 is 1.20 bits per heavy atom. The van der Waals surface area contributed by atoms with Gasteiger partial charge in [0.05, 0.1) is 24.0 Å². The van der Waals surface area contributed by atoms with E-state index >= 15 is 0 Å². The second-order valence-corrected chi connectivity index (χ2v) is 7.02. The van der Waals surface area contributed by atoms with Gasteiger partial charge >= 0.3 is 0 Å². The summed E-state index contributed by atoms with van der Waals surface area (Å²) in [6.45, 7) is 2.20. The first-order chi connectivity index (χ1) is 12.1. The van der Waals surface area contributed by atoms with E-state index in [-0.39, 0.29) is 54.7 Å². The fourth-order valence-electron chi connectivity index (χ4n) is 4.30. The number of carbonyl (C=O) groups is 3. The first kappa shape index (κ1) is 16.3. The van der Waals surface area contributed by atoms with E-state index in [1.165, 1.54) is 4.90 Å². The highest BCUT2D eigenvalue weighted by molar-refractivity contribution is 6.06. The van der Waals surface area contributed by atoms with Crippen LogP contribution in [-0.2, 0) is 25.5 Å². The lowest BCUT2D eigenvalue weighted by Crippen LogP contribution is -2.36. The maximum atomic E-state index is 12.5. The average molecular weight is 342 g/mol. The molecule has 4 rings (SSSR count). The summed E-state index contributed by atoms with van der Waals surface area (Å²) in [6, 6.07) is 7.68. The molecule has 3 aliphatic heterocycles. The molecular weight excluding hydrogens is 320 g/mol. The van der Waals surface area contributed by atoms with E-state index in [9.17, 15) is 14.4 Å². The molecule has 25 heavy (non-hydrogen) atoms. The van der Waals surface area contributed by atoms with Crippen LogP contribution in [0.15, 0.2) is 24.3 Å². The molecule has 6 heteroatoms. The molecule has 0 unspecified atom stereocenters. The molecule has 3 amide bonds. The van der Waals surface area contributed by atoms with Gasteiger partial charge in [0, 0.05) is 18.7 Å². The van der Waals surface area contributed by atoms with Crippen LogP contribution < -0.4 is 5.32 Å². The number of carbonyl (C=O) groups excluding carboxylic acids is 3. The third-order valence-corrected chi connectivity index (χ3v) is 5.56. The molecule has 3 fully saturated rings. The molecule has 3 heterocycles. The molecule has 0 aliphatic carbocycles. The van der Waals surface area contributed by atoms with Crippen molar-refractivity contribution >= 4 is 23.4 Å².